The number of amides is 5. The van der Waals surface area contributed by atoms with Gasteiger partial charge in [0.25, 0.3) is 0 Å². The summed E-state index contributed by atoms with van der Waals surface area (Å²) in [6, 6.07) is -0.936. The number of urea groups is 1. The standard InChI is InChI=1S/C25H23BF4N4O9/c1-10-9-33(6-5-27)22(37)23(38)34(10)25(41)32-19(16-13(28)8-14(35)17(29)18(16)30)21(36)31-15-7-11-3-2-4-12(24(39)40)20(11)43-26(15)42/h2-4,8,10,15,19,35,42H,5-7,9H2,1H3,(H,31,36)(H,32,41)(H,39,40)/t10-,15-,19?/m0/s1. The Bertz CT molecular complexity index is 1510. The molecule has 2 aliphatic heterocycles. The molecule has 0 bridgehead atoms. The van der Waals surface area contributed by atoms with E-state index in [9.17, 15) is 56.8 Å². The number of fused-ring (bicyclic) bond motifs is 1. The number of phenolic OH excluding ortho intramolecular Hbond substituents is 1. The molecule has 1 unspecified atom stereocenters. The number of aromatic hydroxyl groups is 1. The molecule has 2 aromatic carbocycles. The maximum Gasteiger partial charge on any atom is 0.547 e. The minimum atomic E-state index is -2.46. The highest BCUT2D eigenvalue weighted by Crippen LogP contribution is 2.32. The van der Waals surface area contributed by atoms with Gasteiger partial charge in [-0.05, 0) is 25.0 Å². The van der Waals surface area contributed by atoms with Crippen molar-refractivity contribution in [1.29, 1.82) is 0 Å². The molecule has 228 valence electrons. The SMILES string of the molecule is C[C@H]1CN(CCF)C(=O)C(=O)N1C(=O)NC(C(=O)N[C@H]1Cc2cccc(C(=O)O)c2OB1O)c1c(F)cc(O)c(F)c1F. The Labute approximate surface area is 240 Å². The molecule has 2 heterocycles. The van der Waals surface area contributed by atoms with Crippen molar-refractivity contribution in [3.8, 4) is 11.5 Å². The molecule has 5 amide bonds. The number of para-hydroxylation sites is 1. The number of imide groups is 1. The first-order valence-electron chi connectivity index (χ1n) is 12.6. The van der Waals surface area contributed by atoms with Crippen LogP contribution in [-0.2, 0) is 20.8 Å². The van der Waals surface area contributed by atoms with E-state index in [1.807, 2.05) is 5.32 Å². The Kier molecular flexibility index (Phi) is 8.79. The monoisotopic (exact) mass is 610 g/mol. The van der Waals surface area contributed by atoms with Gasteiger partial charge in [-0.2, -0.15) is 4.39 Å². The summed E-state index contributed by atoms with van der Waals surface area (Å²) in [4.78, 5) is 64.2. The number of hydrogen-bond acceptors (Lipinski definition) is 8. The second kappa shape index (κ2) is 12.2. The molecule has 18 heteroatoms. The highest BCUT2D eigenvalue weighted by molar-refractivity contribution is 6.47. The normalized spacial score (nSPS) is 19.0. The molecular weight excluding hydrogens is 587 g/mol. The number of aromatic carboxylic acids is 1. The molecule has 0 aliphatic carbocycles. The van der Waals surface area contributed by atoms with Crippen LogP contribution in [0.1, 0.15) is 34.5 Å². The number of nitrogens with zero attached hydrogens (tertiary/aromatic N) is 2. The van der Waals surface area contributed by atoms with E-state index in [-0.39, 0.29) is 35.9 Å². The molecule has 43 heavy (non-hydrogen) atoms. The van der Waals surface area contributed by atoms with Crippen molar-refractivity contribution in [2.45, 2.75) is 31.4 Å². The molecular formula is C25H23BF4N4O9. The molecule has 0 aromatic heterocycles. The van der Waals surface area contributed by atoms with Crippen LogP contribution in [0.5, 0.6) is 11.5 Å². The van der Waals surface area contributed by atoms with Crippen LogP contribution < -0.4 is 15.3 Å². The number of benzene rings is 2. The van der Waals surface area contributed by atoms with Gasteiger partial charge in [-0.3, -0.25) is 19.3 Å². The Morgan fingerprint density at radius 2 is 1.86 bits per heavy atom. The van der Waals surface area contributed by atoms with Crippen LogP contribution in [0.15, 0.2) is 24.3 Å². The van der Waals surface area contributed by atoms with Gasteiger partial charge in [-0.25, -0.2) is 22.8 Å². The van der Waals surface area contributed by atoms with E-state index in [0.717, 1.165) is 4.90 Å². The number of phenols is 1. The smallest absolute Gasteiger partial charge is 0.534 e. The number of nitrogens with one attached hydrogen (secondary N) is 2. The fourth-order valence-electron chi connectivity index (χ4n) is 4.81. The number of rotatable bonds is 7. The maximum absolute atomic E-state index is 14.9. The molecule has 5 N–H and O–H groups in total. The summed E-state index contributed by atoms with van der Waals surface area (Å²) in [7, 11) is -1.90. The number of alkyl halides is 1. The second-order valence-electron chi connectivity index (χ2n) is 9.69. The van der Waals surface area contributed by atoms with Crippen molar-refractivity contribution < 1.29 is 61.4 Å². The molecule has 4 rings (SSSR count). The van der Waals surface area contributed by atoms with Gasteiger partial charge in [0.2, 0.25) is 11.7 Å². The second-order valence-corrected chi connectivity index (χ2v) is 9.69. The summed E-state index contributed by atoms with van der Waals surface area (Å²) in [5.41, 5.74) is -1.48. The first kappa shape index (κ1) is 31.1. The van der Waals surface area contributed by atoms with Crippen LogP contribution in [0.4, 0.5) is 22.4 Å². The molecule has 3 atom stereocenters. The number of carboxylic acid groups (broad SMARTS) is 1. The molecule has 2 aromatic rings. The minimum Gasteiger partial charge on any atom is -0.534 e. The maximum atomic E-state index is 14.9. The van der Waals surface area contributed by atoms with Gasteiger partial charge in [-0.1, -0.05) is 12.1 Å². The molecule has 1 fully saturated rings. The fraction of sp³-hybridized carbons (Fsp3) is 0.320. The third-order valence-corrected chi connectivity index (χ3v) is 6.86. The highest BCUT2D eigenvalue weighted by atomic mass is 19.2. The van der Waals surface area contributed by atoms with E-state index in [1.165, 1.54) is 25.1 Å². The fourth-order valence-corrected chi connectivity index (χ4v) is 4.81. The van der Waals surface area contributed by atoms with Crippen LogP contribution in [0.3, 0.4) is 0 Å². The molecule has 0 saturated carbocycles. The van der Waals surface area contributed by atoms with Gasteiger partial charge >= 0.3 is 30.9 Å². The average molecular weight is 610 g/mol. The van der Waals surface area contributed by atoms with E-state index >= 15 is 0 Å². The number of carbonyl (C=O) groups excluding carboxylic acids is 4. The van der Waals surface area contributed by atoms with E-state index in [0.29, 0.717) is 4.90 Å². The predicted molar refractivity (Wildman–Crippen MR) is 136 cm³/mol. The summed E-state index contributed by atoms with van der Waals surface area (Å²) < 4.78 is 62.2. The molecule has 13 nitrogen and oxygen atoms in total. The third kappa shape index (κ3) is 5.90. The quantitative estimate of drug-likeness (QED) is 0.128. The predicted octanol–water partition coefficient (Wildman–Crippen LogP) is 0.427. The summed E-state index contributed by atoms with van der Waals surface area (Å²) >= 11 is 0. The first-order chi connectivity index (χ1) is 20.3. The lowest BCUT2D eigenvalue weighted by Crippen LogP contribution is -2.63. The third-order valence-electron chi connectivity index (χ3n) is 6.86. The Morgan fingerprint density at radius 3 is 2.51 bits per heavy atom. The molecule has 0 radical (unpaired) electrons. The van der Waals surface area contributed by atoms with Crippen molar-refractivity contribution in [2.75, 3.05) is 19.8 Å². The zero-order valence-electron chi connectivity index (χ0n) is 22.1. The van der Waals surface area contributed by atoms with E-state index in [2.05, 4.69) is 5.32 Å². The minimum absolute atomic E-state index is 0.134. The van der Waals surface area contributed by atoms with Crippen LogP contribution in [-0.4, -0.2) is 93.6 Å². The van der Waals surface area contributed by atoms with E-state index < -0.39 is 96.8 Å². The van der Waals surface area contributed by atoms with Crippen LogP contribution in [0, 0.1) is 17.5 Å². The van der Waals surface area contributed by atoms with Crippen LogP contribution in [0.25, 0.3) is 0 Å². The lowest BCUT2D eigenvalue weighted by Gasteiger charge is -2.37. The largest absolute Gasteiger partial charge is 0.547 e. The van der Waals surface area contributed by atoms with Gasteiger partial charge in [0.1, 0.15) is 24.3 Å². The summed E-state index contributed by atoms with van der Waals surface area (Å²) in [5, 5.41) is 33.4. The van der Waals surface area contributed by atoms with Gasteiger partial charge in [-0.15, -0.1) is 0 Å². The number of piperazine rings is 1. The Hall–Kier alpha value is -4.87. The molecule has 1 saturated heterocycles. The molecule has 0 spiro atoms. The zero-order valence-corrected chi connectivity index (χ0v) is 22.1. The summed E-state index contributed by atoms with van der Waals surface area (Å²) in [6.45, 7) is -0.436. The van der Waals surface area contributed by atoms with Crippen molar-refractivity contribution in [2.24, 2.45) is 0 Å². The Balaban J connectivity index is 1.66. The average Bonchev–Trinajstić information content (AvgIpc) is 2.94. The number of carbonyl (C=O) groups is 5. The Morgan fingerprint density at radius 1 is 1.16 bits per heavy atom. The van der Waals surface area contributed by atoms with Crippen molar-refractivity contribution in [1.82, 2.24) is 20.4 Å². The van der Waals surface area contributed by atoms with Crippen molar-refractivity contribution in [3.63, 3.8) is 0 Å². The van der Waals surface area contributed by atoms with E-state index in [1.54, 1.807) is 0 Å². The highest BCUT2D eigenvalue weighted by Gasteiger charge is 2.44. The van der Waals surface area contributed by atoms with E-state index in [4.69, 9.17) is 4.65 Å². The number of carboxylic acids is 1. The first-order valence-corrected chi connectivity index (χ1v) is 12.6. The van der Waals surface area contributed by atoms with Crippen molar-refractivity contribution in [3.05, 3.63) is 58.4 Å². The van der Waals surface area contributed by atoms with Crippen LogP contribution >= 0.6 is 0 Å². The van der Waals surface area contributed by atoms with Crippen LogP contribution in [0.2, 0.25) is 0 Å². The lowest BCUT2D eigenvalue weighted by molar-refractivity contribution is -0.156. The topological polar surface area (TPSA) is 186 Å². The lowest BCUT2D eigenvalue weighted by atomic mass is 9.72. The summed E-state index contributed by atoms with van der Waals surface area (Å²) in [5.74, 6) is -14.3. The van der Waals surface area contributed by atoms with Gasteiger partial charge in [0.15, 0.2) is 11.6 Å². The van der Waals surface area contributed by atoms with Crippen molar-refractivity contribution >= 4 is 36.8 Å². The summed E-state index contributed by atoms with van der Waals surface area (Å²) in [6.07, 6.45) is -0.264. The zero-order chi connectivity index (χ0) is 31.7. The van der Waals surface area contributed by atoms with Gasteiger partial charge in [0, 0.05) is 19.2 Å². The number of hydrogen-bond donors (Lipinski definition) is 5. The number of halogens is 4. The van der Waals surface area contributed by atoms with Gasteiger partial charge < -0.3 is 35.4 Å². The molecule has 2 aliphatic rings. The van der Waals surface area contributed by atoms with Gasteiger partial charge in [0.05, 0.1) is 23.1 Å².